The van der Waals surface area contributed by atoms with Crippen LogP contribution in [0.2, 0.25) is 0 Å². The molecule has 15 heavy (non-hydrogen) atoms. The van der Waals surface area contributed by atoms with Gasteiger partial charge < -0.3 is 4.42 Å². The number of furan rings is 1. The molecule has 0 atom stereocenters. The zero-order valence-electron chi connectivity index (χ0n) is 8.05. The highest BCUT2D eigenvalue weighted by Crippen LogP contribution is 2.23. The molecule has 0 spiro atoms. The van der Waals surface area contributed by atoms with Crippen LogP contribution in [0.4, 0.5) is 0 Å². The number of hydrogen-bond donors (Lipinski definition) is 0. The first-order chi connectivity index (χ1) is 7.43. The molecule has 0 aliphatic carbocycles. The quantitative estimate of drug-likeness (QED) is 0.594. The monoisotopic (exact) mass is 195 g/mol. The molecule has 2 heteroatoms. The van der Waals surface area contributed by atoms with E-state index in [1.807, 2.05) is 36.4 Å². The highest BCUT2D eigenvalue weighted by molar-refractivity contribution is 5.82. The maximum atomic E-state index is 5.29. The molecule has 0 bridgehead atoms. The van der Waals surface area contributed by atoms with E-state index in [0.717, 1.165) is 22.2 Å². The lowest BCUT2D eigenvalue weighted by atomic mass is 10.1. The Morgan fingerprint density at radius 2 is 2.00 bits per heavy atom. The summed E-state index contributed by atoms with van der Waals surface area (Å²) in [7, 11) is 0. The van der Waals surface area contributed by atoms with Crippen LogP contribution in [0.1, 0.15) is 0 Å². The van der Waals surface area contributed by atoms with Gasteiger partial charge in [-0.05, 0) is 36.4 Å². The van der Waals surface area contributed by atoms with E-state index in [2.05, 4.69) is 11.1 Å². The standard InChI is InChI=1S/C13H9NO/c1-2-7-14-12(3-1)10-4-5-13-11(9-10)6-8-15-13/h1-9H. The van der Waals surface area contributed by atoms with Gasteiger partial charge in [0, 0.05) is 17.1 Å². The third-order valence-corrected chi connectivity index (χ3v) is 2.41. The lowest BCUT2D eigenvalue weighted by molar-refractivity contribution is 0.616. The summed E-state index contributed by atoms with van der Waals surface area (Å²) < 4.78 is 5.29. The molecule has 0 fully saturated rings. The van der Waals surface area contributed by atoms with Gasteiger partial charge in [0.2, 0.25) is 0 Å². The first-order valence-electron chi connectivity index (χ1n) is 4.82. The van der Waals surface area contributed by atoms with Crippen LogP contribution in [0.15, 0.2) is 59.3 Å². The Morgan fingerprint density at radius 3 is 2.87 bits per heavy atom. The molecule has 3 aromatic rings. The minimum absolute atomic E-state index is 0.912. The number of aromatic nitrogens is 1. The van der Waals surface area contributed by atoms with Gasteiger partial charge in [-0.3, -0.25) is 4.98 Å². The first kappa shape index (κ1) is 8.24. The van der Waals surface area contributed by atoms with Crippen molar-refractivity contribution < 1.29 is 4.42 Å². The van der Waals surface area contributed by atoms with Crippen LogP contribution in [0, 0.1) is 0 Å². The SMILES string of the molecule is c1ccc(-c2ccc3occc3c2)nc1. The zero-order chi connectivity index (χ0) is 10.1. The van der Waals surface area contributed by atoms with Crippen molar-refractivity contribution >= 4 is 11.0 Å². The van der Waals surface area contributed by atoms with Crippen molar-refractivity contribution in [2.24, 2.45) is 0 Å². The van der Waals surface area contributed by atoms with Crippen LogP contribution in [0.3, 0.4) is 0 Å². The molecular weight excluding hydrogens is 186 g/mol. The predicted molar refractivity (Wildman–Crippen MR) is 59.4 cm³/mol. The summed E-state index contributed by atoms with van der Waals surface area (Å²) >= 11 is 0. The smallest absolute Gasteiger partial charge is 0.133 e. The van der Waals surface area contributed by atoms with Crippen molar-refractivity contribution in [1.82, 2.24) is 4.98 Å². The van der Waals surface area contributed by atoms with Crippen LogP contribution in [-0.4, -0.2) is 4.98 Å². The summed E-state index contributed by atoms with van der Waals surface area (Å²) in [5.41, 5.74) is 3.01. The maximum Gasteiger partial charge on any atom is 0.133 e. The summed E-state index contributed by atoms with van der Waals surface area (Å²) in [5.74, 6) is 0. The van der Waals surface area contributed by atoms with Gasteiger partial charge in [-0.25, -0.2) is 0 Å². The van der Waals surface area contributed by atoms with Crippen LogP contribution in [-0.2, 0) is 0 Å². The normalized spacial score (nSPS) is 10.7. The third-order valence-electron chi connectivity index (χ3n) is 2.41. The number of nitrogens with zero attached hydrogens (tertiary/aromatic N) is 1. The van der Waals surface area contributed by atoms with E-state index >= 15 is 0 Å². The van der Waals surface area contributed by atoms with E-state index in [9.17, 15) is 0 Å². The molecule has 72 valence electrons. The Hall–Kier alpha value is -2.09. The van der Waals surface area contributed by atoms with Gasteiger partial charge in [0.05, 0.1) is 12.0 Å². The molecule has 0 amide bonds. The van der Waals surface area contributed by atoms with Crippen molar-refractivity contribution in [2.45, 2.75) is 0 Å². The fourth-order valence-corrected chi connectivity index (χ4v) is 1.66. The maximum absolute atomic E-state index is 5.29. The molecule has 1 aromatic carbocycles. The summed E-state index contributed by atoms with van der Waals surface area (Å²) in [5, 5.41) is 1.11. The molecule has 0 saturated carbocycles. The fraction of sp³-hybridized carbons (Fsp3) is 0. The molecule has 2 nitrogen and oxygen atoms in total. The van der Waals surface area contributed by atoms with E-state index in [0.29, 0.717) is 0 Å². The average molecular weight is 195 g/mol. The van der Waals surface area contributed by atoms with Gasteiger partial charge >= 0.3 is 0 Å². The highest BCUT2D eigenvalue weighted by atomic mass is 16.3. The predicted octanol–water partition coefficient (Wildman–Crippen LogP) is 3.49. The molecule has 0 saturated heterocycles. The minimum atomic E-state index is 0.912. The Balaban J connectivity index is 2.19. The van der Waals surface area contributed by atoms with E-state index in [1.54, 1.807) is 12.5 Å². The molecule has 3 rings (SSSR count). The van der Waals surface area contributed by atoms with Gasteiger partial charge in [-0.2, -0.15) is 0 Å². The molecule has 2 aromatic heterocycles. The van der Waals surface area contributed by atoms with Crippen LogP contribution < -0.4 is 0 Å². The Labute approximate surface area is 87.2 Å². The molecule has 0 aliphatic heterocycles. The lowest BCUT2D eigenvalue weighted by Crippen LogP contribution is -1.80. The second-order valence-corrected chi connectivity index (χ2v) is 3.39. The van der Waals surface area contributed by atoms with E-state index in [1.165, 1.54) is 0 Å². The van der Waals surface area contributed by atoms with E-state index < -0.39 is 0 Å². The molecule has 0 radical (unpaired) electrons. The van der Waals surface area contributed by atoms with Crippen molar-refractivity contribution in [3.05, 3.63) is 54.9 Å². The largest absolute Gasteiger partial charge is 0.464 e. The number of benzene rings is 1. The van der Waals surface area contributed by atoms with Crippen molar-refractivity contribution in [3.63, 3.8) is 0 Å². The number of fused-ring (bicyclic) bond motifs is 1. The van der Waals surface area contributed by atoms with E-state index in [4.69, 9.17) is 4.42 Å². The summed E-state index contributed by atoms with van der Waals surface area (Å²) in [6, 6.07) is 13.9. The van der Waals surface area contributed by atoms with Crippen LogP contribution in [0.25, 0.3) is 22.2 Å². The lowest BCUT2D eigenvalue weighted by Gasteiger charge is -1.99. The minimum Gasteiger partial charge on any atom is -0.464 e. The molecular formula is C13H9NO. The van der Waals surface area contributed by atoms with Crippen molar-refractivity contribution in [2.75, 3.05) is 0 Å². The van der Waals surface area contributed by atoms with Gasteiger partial charge in [-0.15, -0.1) is 0 Å². The van der Waals surface area contributed by atoms with Gasteiger partial charge in [0.1, 0.15) is 5.58 Å². The molecule has 2 heterocycles. The fourth-order valence-electron chi connectivity index (χ4n) is 1.66. The summed E-state index contributed by atoms with van der Waals surface area (Å²) in [4.78, 5) is 4.31. The molecule has 0 N–H and O–H groups in total. The van der Waals surface area contributed by atoms with Crippen molar-refractivity contribution in [1.29, 1.82) is 0 Å². The average Bonchev–Trinajstić information content (AvgIpc) is 2.77. The van der Waals surface area contributed by atoms with Crippen LogP contribution in [0.5, 0.6) is 0 Å². The van der Waals surface area contributed by atoms with Gasteiger partial charge in [0.25, 0.3) is 0 Å². The summed E-state index contributed by atoms with van der Waals surface area (Å²) in [6.07, 6.45) is 3.50. The molecule has 0 aliphatic rings. The highest BCUT2D eigenvalue weighted by Gasteiger charge is 2.01. The molecule has 0 unspecified atom stereocenters. The van der Waals surface area contributed by atoms with Gasteiger partial charge in [-0.1, -0.05) is 6.07 Å². The Kier molecular flexibility index (Phi) is 1.78. The van der Waals surface area contributed by atoms with Crippen molar-refractivity contribution in [3.8, 4) is 11.3 Å². The number of pyridine rings is 1. The number of hydrogen-bond acceptors (Lipinski definition) is 2. The Bertz CT molecular complexity index is 584. The number of rotatable bonds is 1. The topological polar surface area (TPSA) is 26.0 Å². The first-order valence-corrected chi connectivity index (χ1v) is 4.82. The zero-order valence-corrected chi connectivity index (χ0v) is 8.05. The van der Waals surface area contributed by atoms with E-state index in [-0.39, 0.29) is 0 Å². The van der Waals surface area contributed by atoms with Gasteiger partial charge in [0.15, 0.2) is 0 Å². The summed E-state index contributed by atoms with van der Waals surface area (Å²) in [6.45, 7) is 0. The second kappa shape index (κ2) is 3.24. The Morgan fingerprint density at radius 1 is 1.00 bits per heavy atom. The second-order valence-electron chi connectivity index (χ2n) is 3.39. The van der Waals surface area contributed by atoms with Crippen LogP contribution >= 0.6 is 0 Å². The third kappa shape index (κ3) is 1.40.